The van der Waals surface area contributed by atoms with Gasteiger partial charge in [0.05, 0.1) is 12.7 Å². The van der Waals surface area contributed by atoms with Crippen LogP contribution in [0, 0.1) is 0 Å². The van der Waals surface area contributed by atoms with Gasteiger partial charge in [0.2, 0.25) is 0 Å². The molecule has 1 aromatic carbocycles. The van der Waals surface area contributed by atoms with Gasteiger partial charge in [-0.1, -0.05) is 29.8 Å². The minimum Gasteiger partial charge on any atom is -0.348 e. The summed E-state index contributed by atoms with van der Waals surface area (Å²) in [4.78, 5) is 0. The van der Waals surface area contributed by atoms with Gasteiger partial charge in [-0.25, -0.2) is 0 Å². The molecule has 1 atom stereocenters. The molecule has 0 N–H and O–H groups in total. The van der Waals surface area contributed by atoms with E-state index in [-0.39, 0.29) is 6.10 Å². The molecule has 1 unspecified atom stereocenters. The van der Waals surface area contributed by atoms with Crippen molar-refractivity contribution in [3.63, 3.8) is 0 Å². The van der Waals surface area contributed by atoms with Crippen LogP contribution in [0.15, 0.2) is 24.3 Å². The lowest BCUT2D eigenvalue weighted by molar-refractivity contribution is -0.138. The van der Waals surface area contributed by atoms with Crippen molar-refractivity contribution < 1.29 is 9.47 Å². The van der Waals surface area contributed by atoms with E-state index in [1.807, 2.05) is 38.1 Å². The molecule has 2 nitrogen and oxygen atoms in total. The Balaban J connectivity index is 2.02. The predicted molar refractivity (Wildman–Crippen MR) is 60.1 cm³/mol. The van der Waals surface area contributed by atoms with Crippen LogP contribution < -0.4 is 0 Å². The molecule has 0 aromatic heterocycles. The summed E-state index contributed by atoms with van der Waals surface area (Å²) in [5, 5.41) is 0.797. The second-order valence-corrected chi connectivity index (χ2v) is 4.65. The van der Waals surface area contributed by atoms with Crippen molar-refractivity contribution in [2.75, 3.05) is 6.61 Å². The van der Waals surface area contributed by atoms with Gasteiger partial charge in [-0.05, 0) is 25.5 Å². The minimum absolute atomic E-state index is 0.111. The average molecular weight is 227 g/mol. The van der Waals surface area contributed by atoms with E-state index >= 15 is 0 Å². The third-order valence-electron chi connectivity index (χ3n) is 2.47. The summed E-state index contributed by atoms with van der Waals surface area (Å²) in [6.07, 6.45) is 0.920. The summed E-state index contributed by atoms with van der Waals surface area (Å²) in [6.45, 7) is 4.50. The zero-order chi connectivity index (χ0) is 10.9. The largest absolute Gasteiger partial charge is 0.348 e. The molecule has 0 aliphatic carbocycles. The number of halogens is 1. The van der Waals surface area contributed by atoms with E-state index in [4.69, 9.17) is 21.1 Å². The van der Waals surface area contributed by atoms with Gasteiger partial charge < -0.3 is 9.47 Å². The molecule has 82 valence electrons. The highest BCUT2D eigenvalue weighted by Gasteiger charge is 2.32. The molecule has 0 spiro atoms. The average Bonchev–Trinajstić information content (AvgIpc) is 2.50. The minimum atomic E-state index is -0.452. The summed E-state index contributed by atoms with van der Waals surface area (Å²) >= 11 is 6.08. The Bertz CT molecular complexity index is 349. The Morgan fingerprint density at radius 2 is 2.13 bits per heavy atom. The first-order valence-corrected chi connectivity index (χ1v) is 5.50. The highest BCUT2D eigenvalue weighted by molar-refractivity contribution is 6.31. The van der Waals surface area contributed by atoms with E-state index in [0.29, 0.717) is 6.61 Å². The van der Waals surface area contributed by atoms with Gasteiger partial charge >= 0.3 is 0 Å². The number of ether oxygens (including phenoxy) is 2. The standard InChI is InChI=1S/C12H15ClO2/c1-12(2)14-8-10(15-12)7-9-5-3-4-6-11(9)13/h3-6,10H,7-8H2,1-2H3. The predicted octanol–water partition coefficient (Wildman–Crippen LogP) is 3.03. The molecule has 1 saturated heterocycles. The molecule has 0 saturated carbocycles. The first-order chi connectivity index (χ1) is 7.07. The van der Waals surface area contributed by atoms with E-state index in [1.165, 1.54) is 0 Å². The summed E-state index contributed by atoms with van der Waals surface area (Å²) in [5.41, 5.74) is 1.12. The van der Waals surface area contributed by atoms with Crippen molar-refractivity contribution in [3.8, 4) is 0 Å². The molecule has 15 heavy (non-hydrogen) atoms. The number of benzene rings is 1. The monoisotopic (exact) mass is 226 g/mol. The Morgan fingerprint density at radius 3 is 2.73 bits per heavy atom. The van der Waals surface area contributed by atoms with Crippen molar-refractivity contribution >= 4 is 11.6 Å². The van der Waals surface area contributed by atoms with Crippen LogP contribution in [0.5, 0.6) is 0 Å². The number of rotatable bonds is 2. The lowest BCUT2D eigenvalue weighted by Gasteiger charge is -2.17. The molecular weight excluding hydrogens is 212 g/mol. The summed E-state index contributed by atoms with van der Waals surface area (Å²) in [7, 11) is 0. The van der Waals surface area contributed by atoms with Crippen molar-refractivity contribution in [3.05, 3.63) is 34.9 Å². The van der Waals surface area contributed by atoms with Crippen LogP contribution in [-0.2, 0) is 15.9 Å². The van der Waals surface area contributed by atoms with E-state index in [0.717, 1.165) is 17.0 Å². The van der Waals surface area contributed by atoms with Gasteiger partial charge in [0.25, 0.3) is 0 Å². The lowest BCUT2D eigenvalue weighted by Crippen LogP contribution is -2.22. The van der Waals surface area contributed by atoms with Gasteiger partial charge in [0.1, 0.15) is 0 Å². The number of hydrogen-bond donors (Lipinski definition) is 0. The van der Waals surface area contributed by atoms with Gasteiger partial charge in [-0.2, -0.15) is 0 Å². The fourth-order valence-corrected chi connectivity index (χ4v) is 1.99. The van der Waals surface area contributed by atoms with Gasteiger partial charge in [0.15, 0.2) is 5.79 Å². The maximum atomic E-state index is 6.08. The van der Waals surface area contributed by atoms with Crippen molar-refractivity contribution in [1.82, 2.24) is 0 Å². The SMILES string of the molecule is CC1(C)OCC(Cc2ccccc2Cl)O1. The van der Waals surface area contributed by atoms with Crippen LogP contribution in [-0.4, -0.2) is 18.5 Å². The Labute approximate surface area is 95.1 Å². The Hall–Kier alpha value is -0.570. The quantitative estimate of drug-likeness (QED) is 0.772. The Morgan fingerprint density at radius 1 is 1.40 bits per heavy atom. The first-order valence-electron chi connectivity index (χ1n) is 5.12. The highest BCUT2D eigenvalue weighted by atomic mass is 35.5. The van der Waals surface area contributed by atoms with E-state index in [2.05, 4.69) is 0 Å². The van der Waals surface area contributed by atoms with Crippen molar-refractivity contribution in [1.29, 1.82) is 0 Å². The normalized spacial score (nSPS) is 24.3. The van der Waals surface area contributed by atoms with E-state index < -0.39 is 5.79 Å². The smallest absolute Gasteiger partial charge is 0.163 e. The lowest BCUT2D eigenvalue weighted by atomic mass is 10.1. The zero-order valence-corrected chi connectivity index (χ0v) is 9.75. The molecule has 1 fully saturated rings. The van der Waals surface area contributed by atoms with E-state index in [9.17, 15) is 0 Å². The van der Waals surface area contributed by atoms with Crippen molar-refractivity contribution in [2.24, 2.45) is 0 Å². The number of hydrogen-bond acceptors (Lipinski definition) is 2. The topological polar surface area (TPSA) is 18.5 Å². The summed E-state index contributed by atoms with van der Waals surface area (Å²) in [6, 6.07) is 7.85. The second kappa shape index (κ2) is 4.12. The van der Waals surface area contributed by atoms with E-state index in [1.54, 1.807) is 0 Å². The maximum absolute atomic E-state index is 6.08. The maximum Gasteiger partial charge on any atom is 0.163 e. The van der Waals surface area contributed by atoms with Crippen LogP contribution in [0.4, 0.5) is 0 Å². The molecule has 0 amide bonds. The molecule has 2 rings (SSSR count). The van der Waals surface area contributed by atoms with Gasteiger partial charge in [-0.3, -0.25) is 0 Å². The first kappa shape index (κ1) is 10.9. The molecule has 1 heterocycles. The molecule has 0 radical (unpaired) electrons. The molecule has 1 aliphatic heterocycles. The van der Waals surface area contributed by atoms with Crippen LogP contribution in [0.3, 0.4) is 0 Å². The van der Waals surface area contributed by atoms with Crippen molar-refractivity contribution in [2.45, 2.75) is 32.2 Å². The van der Waals surface area contributed by atoms with Crippen LogP contribution >= 0.6 is 11.6 Å². The third-order valence-corrected chi connectivity index (χ3v) is 2.84. The summed E-state index contributed by atoms with van der Waals surface area (Å²) in [5.74, 6) is -0.452. The molecule has 0 bridgehead atoms. The van der Waals surface area contributed by atoms with Crippen LogP contribution in [0.25, 0.3) is 0 Å². The summed E-state index contributed by atoms with van der Waals surface area (Å²) < 4.78 is 11.2. The molecule has 1 aliphatic rings. The molecule has 3 heteroatoms. The van der Waals surface area contributed by atoms with Crippen LogP contribution in [0.1, 0.15) is 19.4 Å². The fourth-order valence-electron chi connectivity index (χ4n) is 1.77. The highest BCUT2D eigenvalue weighted by Crippen LogP contribution is 2.26. The zero-order valence-electron chi connectivity index (χ0n) is 9.00. The van der Waals surface area contributed by atoms with Gasteiger partial charge in [-0.15, -0.1) is 0 Å². The molecule has 1 aromatic rings. The van der Waals surface area contributed by atoms with Crippen LogP contribution in [0.2, 0.25) is 5.02 Å². The third kappa shape index (κ3) is 2.71. The second-order valence-electron chi connectivity index (χ2n) is 4.25. The van der Waals surface area contributed by atoms with Gasteiger partial charge in [0, 0.05) is 11.4 Å². The Kier molecular flexibility index (Phi) is 3.01. The molecular formula is C12H15ClO2. The fraction of sp³-hybridized carbons (Fsp3) is 0.500.